The Morgan fingerprint density at radius 1 is 1.35 bits per heavy atom. The number of nitrogens with zero attached hydrogens (tertiary/aromatic N) is 1. The van der Waals surface area contributed by atoms with Crippen LogP contribution in [0.2, 0.25) is 5.02 Å². The predicted octanol–water partition coefficient (Wildman–Crippen LogP) is 2.89. The molecule has 6 heteroatoms. The third-order valence-corrected chi connectivity index (χ3v) is 4.23. The number of piperidine rings is 1. The van der Waals surface area contributed by atoms with E-state index in [1.54, 1.807) is 23.1 Å². The molecule has 126 valence electrons. The van der Waals surface area contributed by atoms with Crippen molar-refractivity contribution in [2.45, 2.75) is 39.2 Å². The Morgan fingerprint density at radius 2 is 2.00 bits per heavy atom. The Kier molecular flexibility index (Phi) is 6.02. The van der Waals surface area contributed by atoms with Crippen LogP contribution in [0.5, 0.6) is 0 Å². The van der Waals surface area contributed by atoms with Gasteiger partial charge >= 0.3 is 0 Å². The van der Waals surface area contributed by atoms with E-state index in [9.17, 15) is 9.59 Å². The summed E-state index contributed by atoms with van der Waals surface area (Å²) < 4.78 is 0. The molecule has 1 aromatic carbocycles. The highest BCUT2D eigenvalue weighted by Crippen LogP contribution is 2.24. The smallest absolute Gasteiger partial charge is 0.255 e. The molecular formula is C17H24ClN3O2. The van der Waals surface area contributed by atoms with Crippen LogP contribution in [0.15, 0.2) is 18.2 Å². The maximum atomic E-state index is 12.6. The molecule has 3 N–H and O–H groups in total. The van der Waals surface area contributed by atoms with E-state index in [-0.39, 0.29) is 23.8 Å². The number of carbonyl (C=O) groups is 2. The molecule has 0 aromatic heterocycles. The Morgan fingerprint density at radius 3 is 2.61 bits per heavy atom. The normalized spacial score (nSPS) is 15.8. The summed E-state index contributed by atoms with van der Waals surface area (Å²) in [5, 5.41) is 3.21. The lowest BCUT2D eigenvalue weighted by Crippen LogP contribution is -2.42. The van der Waals surface area contributed by atoms with E-state index in [4.69, 9.17) is 17.3 Å². The van der Waals surface area contributed by atoms with E-state index in [1.165, 1.54) is 0 Å². The lowest BCUT2D eigenvalue weighted by atomic mass is 10.0. The van der Waals surface area contributed by atoms with Crippen molar-refractivity contribution in [3.8, 4) is 0 Å². The summed E-state index contributed by atoms with van der Waals surface area (Å²) in [6, 6.07) is 5.17. The Bertz CT molecular complexity index is 581. The van der Waals surface area contributed by atoms with Gasteiger partial charge < -0.3 is 16.0 Å². The number of amides is 2. The first-order valence-corrected chi connectivity index (χ1v) is 8.39. The number of carbonyl (C=O) groups excluding carboxylic acids is 2. The van der Waals surface area contributed by atoms with Crippen LogP contribution >= 0.6 is 11.6 Å². The van der Waals surface area contributed by atoms with Gasteiger partial charge in [0.1, 0.15) is 0 Å². The largest absolute Gasteiger partial charge is 0.338 e. The highest BCUT2D eigenvalue weighted by atomic mass is 35.5. The van der Waals surface area contributed by atoms with Crippen LogP contribution in [-0.2, 0) is 4.79 Å². The van der Waals surface area contributed by atoms with Gasteiger partial charge in [0.15, 0.2) is 0 Å². The van der Waals surface area contributed by atoms with Crippen LogP contribution < -0.4 is 11.1 Å². The van der Waals surface area contributed by atoms with E-state index < -0.39 is 0 Å². The molecule has 0 aliphatic carbocycles. The van der Waals surface area contributed by atoms with Crippen molar-refractivity contribution in [3.05, 3.63) is 28.8 Å². The van der Waals surface area contributed by atoms with Gasteiger partial charge in [0.2, 0.25) is 5.91 Å². The monoisotopic (exact) mass is 337 g/mol. The van der Waals surface area contributed by atoms with Gasteiger partial charge in [-0.15, -0.1) is 0 Å². The van der Waals surface area contributed by atoms with Crippen molar-refractivity contribution in [1.29, 1.82) is 0 Å². The van der Waals surface area contributed by atoms with Gasteiger partial charge in [0, 0.05) is 31.2 Å². The molecule has 1 fully saturated rings. The van der Waals surface area contributed by atoms with Crippen LogP contribution in [0.1, 0.15) is 43.5 Å². The number of nitrogens with two attached hydrogens (primary N) is 1. The maximum absolute atomic E-state index is 12.6. The molecule has 1 aliphatic rings. The third kappa shape index (κ3) is 4.94. The molecular weight excluding hydrogens is 314 g/mol. The summed E-state index contributed by atoms with van der Waals surface area (Å²) in [4.78, 5) is 26.3. The minimum Gasteiger partial charge on any atom is -0.338 e. The average Bonchev–Trinajstić information content (AvgIpc) is 2.48. The van der Waals surface area contributed by atoms with E-state index in [0.29, 0.717) is 35.8 Å². The van der Waals surface area contributed by atoms with Crippen molar-refractivity contribution in [2.24, 2.45) is 11.7 Å². The first-order valence-electron chi connectivity index (χ1n) is 8.01. The van der Waals surface area contributed by atoms with Gasteiger partial charge in [-0.1, -0.05) is 25.4 Å². The molecule has 1 saturated heterocycles. The summed E-state index contributed by atoms with van der Waals surface area (Å²) in [5.41, 5.74) is 6.89. The summed E-state index contributed by atoms with van der Waals surface area (Å²) in [6.07, 6.45) is 2.04. The van der Waals surface area contributed by atoms with Crippen LogP contribution in [0.3, 0.4) is 0 Å². The van der Waals surface area contributed by atoms with E-state index in [2.05, 4.69) is 5.32 Å². The fraction of sp³-hybridized carbons (Fsp3) is 0.529. The zero-order chi connectivity index (χ0) is 17.0. The Labute approximate surface area is 142 Å². The van der Waals surface area contributed by atoms with Crippen LogP contribution in [0.25, 0.3) is 0 Å². The van der Waals surface area contributed by atoms with Gasteiger partial charge in [-0.05, 0) is 37.0 Å². The maximum Gasteiger partial charge on any atom is 0.255 e. The number of rotatable bonds is 4. The minimum absolute atomic E-state index is 0.0651. The average molecular weight is 338 g/mol. The quantitative estimate of drug-likeness (QED) is 0.887. The van der Waals surface area contributed by atoms with Crippen LogP contribution in [0.4, 0.5) is 5.69 Å². The second kappa shape index (κ2) is 7.79. The fourth-order valence-corrected chi connectivity index (χ4v) is 2.82. The molecule has 1 aromatic rings. The second-order valence-electron chi connectivity index (χ2n) is 6.47. The van der Waals surface area contributed by atoms with E-state index in [1.807, 2.05) is 13.8 Å². The highest BCUT2D eigenvalue weighted by molar-refractivity contribution is 6.34. The van der Waals surface area contributed by atoms with Gasteiger partial charge in [0.25, 0.3) is 5.91 Å². The molecule has 0 atom stereocenters. The van der Waals surface area contributed by atoms with Crippen molar-refractivity contribution >= 4 is 29.1 Å². The zero-order valence-electron chi connectivity index (χ0n) is 13.6. The van der Waals surface area contributed by atoms with Crippen molar-refractivity contribution in [3.63, 3.8) is 0 Å². The summed E-state index contributed by atoms with van der Waals surface area (Å²) >= 11 is 6.17. The minimum atomic E-state index is -0.109. The second-order valence-corrected chi connectivity index (χ2v) is 6.88. The number of benzene rings is 1. The number of hydrogen-bond donors (Lipinski definition) is 2. The summed E-state index contributed by atoms with van der Waals surface area (Å²) in [6.45, 7) is 5.25. The Balaban J connectivity index is 2.10. The van der Waals surface area contributed by atoms with Gasteiger partial charge in [-0.2, -0.15) is 0 Å². The molecule has 0 bridgehead atoms. The van der Waals surface area contributed by atoms with Crippen molar-refractivity contribution in [1.82, 2.24) is 4.90 Å². The molecule has 1 aliphatic heterocycles. The Hall–Kier alpha value is -1.59. The summed E-state index contributed by atoms with van der Waals surface area (Å²) in [5.74, 6) is 0.104. The molecule has 2 rings (SSSR count). The SMILES string of the molecule is CC(C)CC(=O)Nc1ccc(Cl)c(C(=O)N2CCC(N)CC2)c1. The summed E-state index contributed by atoms with van der Waals surface area (Å²) in [7, 11) is 0. The lowest BCUT2D eigenvalue weighted by molar-refractivity contribution is -0.116. The van der Waals surface area contributed by atoms with Crippen molar-refractivity contribution in [2.75, 3.05) is 18.4 Å². The number of anilines is 1. The van der Waals surface area contributed by atoms with Crippen LogP contribution in [-0.4, -0.2) is 35.8 Å². The molecule has 0 unspecified atom stereocenters. The third-order valence-electron chi connectivity index (χ3n) is 3.90. The standard InChI is InChI=1S/C17H24ClN3O2/c1-11(2)9-16(22)20-13-3-4-15(18)14(10-13)17(23)21-7-5-12(19)6-8-21/h3-4,10-12H,5-9,19H2,1-2H3,(H,20,22). The highest BCUT2D eigenvalue weighted by Gasteiger charge is 2.23. The van der Waals surface area contributed by atoms with Gasteiger partial charge in [0.05, 0.1) is 10.6 Å². The zero-order valence-corrected chi connectivity index (χ0v) is 14.4. The molecule has 1 heterocycles. The molecule has 2 amide bonds. The van der Waals surface area contributed by atoms with Crippen LogP contribution in [0, 0.1) is 5.92 Å². The first-order chi connectivity index (χ1) is 10.9. The molecule has 0 radical (unpaired) electrons. The van der Waals surface area contributed by atoms with Gasteiger partial charge in [-0.25, -0.2) is 0 Å². The molecule has 0 saturated carbocycles. The van der Waals surface area contributed by atoms with E-state index in [0.717, 1.165) is 12.8 Å². The fourth-order valence-electron chi connectivity index (χ4n) is 2.62. The van der Waals surface area contributed by atoms with E-state index >= 15 is 0 Å². The molecule has 23 heavy (non-hydrogen) atoms. The molecule has 0 spiro atoms. The predicted molar refractivity (Wildman–Crippen MR) is 92.6 cm³/mol. The number of hydrogen-bond acceptors (Lipinski definition) is 3. The lowest BCUT2D eigenvalue weighted by Gasteiger charge is -2.30. The first kappa shape index (κ1) is 17.8. The topological polar surface area (TPSA) is 75.4 Å². The van der Waals surface area contributed by atoms with Crippen molar-refractivity contribution < 1.29 is 9.59 Å². The van der Waals surface area contributed by atoms with Gasteiger partial charge in [-0.3, -0.25) is 9.59 Å². The number of nitrogens with one attached hydrogen (secondary N) is 1. The number of halogens is 1. The molecule has 5 nitrogen and oxygen atoms in total. The number of likely N-dealkylation sites (tertiary alicyclic amines) is 1.